The van der Waals surface area contributed by atoms with E-state index in [1.165, 1.54) is 4.90 Å². The summed E-state index contributed by atoms with van der Waals surface area (Å²) >= 11 is 7.78. The van der Waals surface area contributed by atoms with Gasteiger partial charge in [0.15, 0.2) is 0 Å². The van der Waals surface area contributed by atoms with E-state index in [1.807, 2.05) is 31.2 Å². The zero-order chi connectivity index (χ0) is 12.3. The first-order chi connectivity index (χ1) is 8.16. The van der Waals surface area contributed by atoms with Crippen molar-refractivity contribution in [2.45, 2.75) is 22.8 Å². The molecule has 0 spiro atoms. The van der Waals surface area contributed by atoms with Crippen LogP contribution < -0.4 is 5.73 Å². The minimum Gasteiger partial charge on any atom is -0.324 e. The Morgan fingerprint density at radius 3 is 2.29 bits per heavy atom. The third-order valence-corrected chi connectivity index (χ3v) is 4.00. The average Bonchev–Trinajstić information content (AvgIpc) is 2.33. The second-order valence-corrected chi connectivity index (χ2v) is 5.41. The molecule has 0 fully saturated rings. The van der Waals surface area contributed by atoms with E-state index in [0.29, 0.717) is 0 Å². The highest BCUT2D eigenvalue weighted by atomic mass is 35.5. The molecular formula is C14H14ClNS. The molecule has 0 unspecified atom stereocenters. The molecule has 0 saturated carbocycles. The molecule has 1 nitrogen and oxygen atoms in total. The molecule has 0 saturated heterocycles. The summed E-state index contributed by atoms with van der Waals surface area (Å²) in [4.78, 5) is 2.24. The zero-order valence-corrected chi connectivity index (χ0v) is 11.1. The normalized spacial score (nSPS) is 12.4. The third-order valence-electron chi connectivity index (χ3n) is 2.47. The van der Waals surface area contributed by atoms with Gasteiger partial charge in [0.25, 0.3) is 0 Å². The minimum absolute atomic E-state index is 0.0781. The molecule has 88 valence electrons. The van der Waals surface area contributed by atoms with Crippen LogP contribution in [0.5, 0.6) is 0 Å². The topological polar surface area (TPSA) is 26.0 Å². The lowest BCUT2D eigenvalue weighted by Crippen LogP contribution is -2.04. The average molecular weight is 264 g/mol. The van der Waals surface area contributed by atoms with Gasteiger partial charge >= 0.3 is 0 Å². The van der Waals surface area contributed by atoms with Gasteiger partial charge in [0.05, 0.1) is 5.02 Å². The van der Waals surface area contributed by atoms with Gasteiger partial charge < -0.3 is 5.73 Å². The van der Waals surface area contributed by atoms with Gasteiger partial charge in [0.1, 0.15) is 0 Å². The second-order valence-electron chi connectivity index (χ2n) is 3.89. The van der Waals surface area contributed by atoms with E-state index in [1.54, 1.807) is 11.8 Å². The fraction of sp³-hybridized carbons (Fsp3) is 0.143. The summed E-state index contributed by atoms with van der Waals surface area (Å²) in [7, 11) is 0. The van der Waals surface area contributed by atoms with Gasteiger partial charge in [-0.1, -0.05) is 47.6 Å². The Hall–Kier alpha value is -0.960. The molecule has 0 amide bonds. The van der Waals surface area contributed by atoms with Crippen LogP contribution in [-0.4, -0.2) is 0 Å². The van der Waals surface area contributed by atoms with E-state index in [-0.39, 0.29) is 6.04 Å². The molecule has 0 radical (unpaired) electrons. The maximum Gasteiger partial charge on any atom is 0.0545 e. The third kappa shape index (κ3) is 3.25. The van der Waals surface area contributed by atoms with Crippen LogP contribution >= 0.6 is 23.4 Å². The van der Waals surface area contributed by atoms with Crippen molar-refractivity contribution in [2.24, 2.45) is 5.73 Å². The van der Waals surface area contributed by atoms with Gasteiger partial charge in [-0.2, -0.15) is 0 Å². The fourth-order valence-corrected chi connectivity index (χ4v) is 2.58. The summed E-state index contributed by atoms with van der Waals surface area (Å²) in [6.07, 6.45) is 0. The van der Waals surface area contributed by atoms with E-state index < -0.39 is 0 Å². The summed E-state index contributed by atoms with van der Waals surface area (Å²) in [5.74, 6) is 0. The van der Waals surface area contributed by atoms with Crippen LogP contribution in [0.4, 0.5) is 0 Å². The molecule has 0 aliphatic carbocycles. The molecule has 17 heavy (non-hydrogen) atoms. The van der Waals surface area contributed by atoms with Gasteiger partial charge in [-0.25, -0.2) is 0 Å². The van der Waals surface area contributed by atoms with Crippen LogP contribution in [-0.2, 0) is 0 Å². The standard InChI is InChI=1S/C14H14ClNS/c1-10(16)11-6-8-12(9-7-11)17-14-5-3-2-4-13(14)15/h2-10H,16H2,1H3/t10-/m0/s1. The van der Waals surface area contributed by atoms with Crippen LogP contribution in [0.15, 0.2) is 58.3 Å². The Morgan fingerprint density at radius 1 is 1.06 bits per heavy atom. The van der Waals surface area contributed by atoms with Gasteiger partial charge in [-0.15, -0.1) is 0 Å². The van der Waals surface area contributed by atoms with Gasteiger partial charge in [-0.3, -0.25) is 0 Å². The molecule has 0 aliphatic heterocycles. The number of hydrogen-bond acceptors (Lipinski definition) is 2. The maximum absolute atomic E-state index is 6.12. The highest BCUT2D eigenvalue weighted by molar-refractivity contribution is 7.99. The molecule has 2 N–H and O–H groups in total. The molecule has 0 heterocycles. The zero-order valence-electron chi connectivity index (χ0n) is 9.56. The van der Waals surface area contributed by atoms with Crippen LogP contribution in [0.25, 0.3) is 0 Å². The smallest absolute Gasteiger partial charge is 0.0545 e. The summed E-state index contributed by atoms with van der Waals surface area (Å²) in [5, 5.41) is 0.786. The van der Waals surface area contributed by atoms with Gasteiger partial charge in [-0.05, 0) is 36.8 Å². The summed E-state index contributed by atoms with van der Waals surface area (Å²) in [6, 6.07) is 16.2. The van der Waals surface area contributed by atoms with Crippen molar-refractivity contribution < 1.29 is 0 Å². The Bertz CT molecular complexity index is 494. The molecule has 1 atom stereocenters. The van der Waals surface area contributed by atoms with Crippen molar-refractivity contribution >= 4 is 23.4 Å². The predicted molar refractivity (Wildman–Crippen MR) is 74.6 cm³/mol. The lowest BCUT2D eigenvalue weighted by atomic mass is 10.1. The summed E-state index contributed by atoms with van der Waals surface area (Å²) < 4.78 is 0. The van der Waals surface area contributed by atoms with Crippen molar-refractivity contribution in [3.05, 3.63) is 59.1 Å². The van der Waals surface area contributed by atoms with E-state index >= 15 is 0 Å². The van der Waals surface area contributed by atoms with E-state index in [9.17, 15) is 0 Å². The van der Waals surface area contributed by atoms with Gasteiger partial charge in [0.2, 0.25) is 0 Å². The molecule has 0 aromatic heterocycles. The largest absolute Gasteiger partial charge is 0.324 e. The lowest BCUT2D eigenvalue weighted by molar-refractivity contribution is 0.817. The SMILES string of the molecule is C[C@H](N)c1ccc(Sc2ccccc2Cl)cc1. The highest BCUT2D eigenvalue weighted by Gasteiger charge is 2.03. The predicted octanol–water partition coefficient (Wildman–Crippen LogP) is 4.51. The van der Waals surface area contributed by atoms with Crippen LogP contribution in [0, 0.1) is 0 Å². The number of hydrogen-bond donors (Lipinski definition) is 1. The molecular weight excluding hydrogens is 250 g/mol. The molecule has 3 heteroatoms. The Kier molecular flexibility index (Phi) is 4.11. The van der Waals surface area contributed by atoms with Crippen molar-refractivity contribution in [1.82, 2.24) is 0 Å². The molecule has 2 rings (SSSR count). The van der Waals surface area contributed by atoms with Crippen molar-refractivity contribution in [1.29, 1.82) is 0 Å². The monoisotopic (exact) mass is 263 g/mol. The van der Waals surface area contributed by atoms with E-state index in [4.69, 9.17) is 17.3 Å². The molecule has 0 aliphatic rings. The minimum atomic E-state index is 0.0781. The maximum atomic E-state index is 6.12. The van der Waals surface area contributed by atoms with Crippen molar-refractivity contribution in [3.63, 3.8) is 0 Å². The van der Waals surface area contributed by atoms with Crippen molar-refractivity contribution in [2.75, 3.05) is 0 Å². The lowest BCUT2D eigenvalue weighted by Gasteiger charge is -2.07. The molecule has 0 bridgehead atoms. The van der Waals surface area contributed by atoms with Crippen molar-refractivity contribution in [3.8, 4) is 0 Å². The van der Waals surface area contributed by atoms with Crippen LogP contribution in [0.2, 0.25) is 5.02 Å². The highest BCUT2D eigenvalue weighted by Crippen LogP contribution is 2.33. The molecule has 2 aromatic carbocycles. The first kappa shape index (κ1) is 12.5. The van der Waals surface area contributed by atoms with Crippen LogP contribution in [0.1, 0.15) is 18.5 Å². The molecule has 2 aromatic rings. The van der Waals surface area contributed by atoms with E-state index in [2.05, 4.69) is 24.3 Å². The fourth-order valence-electron chi connectivity index (χ4n) is 1.49. The first-order valence-electron chi connectivity index (χ1n) is 5.45. The summed E-state index contributed by atoms with van der Waals surface area (Å²) in [5.41, 5.74) is 6.96. The number of benzene rings is 2. The summed E-state index contributed by atoms with van der Waals surface area (Å²) in [6.45, 7) is 1.98. The van der Waals surface area contributed by atoms with Gasteiger partial charge in [0, 0.05) is 15.8 Å². The number of rotatable bonds is 3. The Labute approximate surface area is 111 Å². The number of nitrogens with two attached hydrogens (primary N) is 1. The van der Waals surface area contributed by atoms with E-state index in [0.717, 1.165) is 15.5 Å². The Balaban J connectivity index is 2.17. The first-order valence-corrected chi connectivity index (χ1v) is 6.64. The number of halogens is 1. The second kappa shape index (κ2) is 5.58. The van der Waals surface area contributed by atoms with Crippen LogP contribution in [0.3, 0.4) is 0 Å². The Morgan fingerprint density at radius 2 is 1.71 bits per heavy atom. The quantitative estimate of drug-likeness (QED) is 0.882.